The van der Waals surface area contributed by atoms with Crippen LogP contribution in [0, 0.1) is 11.8 Å². The van der Waals surface area contributed by atoms with E-state index in [-0.39, 0.29) is 6.42 Å². The summed E-state index contributed by atoms with van der Waals surface area (Å²) in [6, 6.07) is 0. The number of aliphatic carboxylic acids is 1. The Morgan fingerprint density at radius 1 is 1.18 bits per heavy atom. The zero-order valence-electron chi connectivity index (χ0n) is 9.98. The molecule has 0 bridgehead atoms. The van der Waals surface area contributed by atoms with Crippen LogP contribution in [0.2, 0.25) is 0 Å². The molecule has 1 heterocycles. The lowest BCUT2D eigenvalue weighted by Crippen LogP contribution is -2.21. The summed E-state index contributed by atoms with van der Waals surface area (Å²) in [6.07, 6.45) is 4.22. The van der Waals surface area contributed by atoms with E-state index in [1.165, 1.54) is 0 Å². The minimum absolute atomic E-state index is 0.316. The molecule has 0 saturated carbocycles. The zero-order valence-corrected chi connectivity index (χ0v) is 9.98. The number of unbranched alkanes of at least 4 members (excludes halogenated alkanes) is 3. The fraction of sp³-hybridized carbons (Fsp3) is 0.750. The number of carboxylic acid groups (broad SMARTS) is 1. The van der Waals surface area contributed by atoms with Gasteiger partial charge in [-0.3, -0.25) is 14.4 Å². The van der Waals surface area contributed by atoms with Gasteiger partial charge in [0.15, 0.2) is 0 Å². The van der Waals surface area contributed by atoms with Crippen molar-refractivity contribution in [3.05, 3.63) is 0 Å². The summed E-state index contributed by atoms with van der Waals surface area (Å²) in [5.74, 6) is -3.66. The van der Waals surface area contributed by atoms with Gasteiger partial charge in [0.1, 0.15) is 0 Å². The first kappa shape index (κ1) is 13.7. The molecule has 1 rings (SSSR count). The summed E-state index contributed by atoms with van der Waals surface area (Å²) in [5.41, 5.74) is 0. The van der Waals surface area contributed by atoms with Crippen LogP contribution in [0.15, 0.2) is 0 Å². The highest BCUT2D eigenvalue weighted by Crippen LogP contribution is 2.30. The Morgan fingerprint density at radius 3 is 2.41 bits per heavy atom. The summed E-state index contributed by atoms with van der Waals surface area (Å²) < 4.78 is 4.50. The Kier molecular flexibility index (Phi) is 5.12. The first-order valence-corrected chi connectivity index (χ1v) is 6.03. The van der Waals surface area contributed by atoms with E-state index < -0.39 is 29.7 Å². The van der Waals surface area contributed by atoms with Crippen molar-refractivity contribution in [2.45, 2.75) is 45.4 Å². The number of esters is 2. The molecule has 0 aromatic rings. The summed E-state index contributed by atoms with van der Waals surface area (Å²) in [5, 5.41) is 8.69. The molecule has 5 nitrogen and oxygen atoms in total. The molecule has 1 aliphatic rings. The van der Waals surface area contributed by atoms with Gasteiger partial charge in [0.2, 0.25) is 0 Å². The summed E-state index contributed by atoms with van der Waals surface area (Å²) in [7, 11) is 0. The van der Waals surface area contributed by atoms with Gasteiger partial charge < -0.3 is 9.84 Å². The summed E-state index contributed by atoms with van der Waals surface area (Å²) in [4.78, 5) is 33.3. The highest BCUT2D eigenvalue weighted by atomic mass is 16.6. The van der Waals surface area contributed by atoms with Crippen LogP contribution in [0.5, 0.6) is 0 Å². The number of ether oxygens (including phenoxy) is 1. The van der Waals surface area contributed by atoms with Crippen LogP contribution in [-0.4, -0.2) is 23.0 Å². The number of carboxylic acids is 1. The van der Waals surface area contributed by atoms with E-state index in [9.17, 15) is 14.4 Å². The monoisotopic (exact) mass is 242 g/mol. The lowest BCUT2D eigenvalue weighted by atomic mass is 9.87. The van der Waals surface area contributed by atoms with E-state index in [1.54, 1.807) is 0 Å². The van der Waals surface area contributed by atoms with Crippen molar-refractivity contribution in [3.63, 3.8) is 0 Å². The molecule has 1 fully saturated rings. The van der Waals surface area contributed by atoms with Gasteiger partial charge >= 0.3 is 17.9 Å². The van der Waals surface area contributed by atoms with Crippen LogP contribution < -0.4 is 0 Å². The molecule has 96 valence electrons. The quantitative estimate of drug-likeness (QED) is 0.418. The maximum absolute atomic E-state index is 11.4. The van der Waals surface area contributed by atoms with Crippen molar-refractivity contribution in [3.8, 4) is 0 Å². The van der Waals surface area contributed by atoms with Gasteiger partial charge in [0.25, 0.3) is 0 Å². The fourth-order valence-electron chi connectivity index (χ4n) is 2.10. The van der Waals surface area contributed by atoms with Crippen molar-refractivity contribution in [2.75, 3.05) is 0 Å². The number of carbonyl (C=O) groups is 3. The third kappa shape index (κ3) is 3.84. The molecule has 0 aromatic carbocycles. The molecule has 0 radical (unpaired) electrons. The molecule has 0 spiro atoms. The molecule has 1 saturated heterocycles. The van der Waals surface area contributed by atoms with Crippen molar-refractivity contribution in [1.82, 2.24) is 0 Å². The Morgan fingerprint density at radius 2 is 1.82 bits per heavy atom. The molecule has 17 heavy (non-hydrogen) atoms. The highest BCUT2D eigenvalue weighted by molar-refractivity contribution is 5.97. The van der Waals surface area contributed by atoms with E-state index in [4.69, 9.17) is 5.11 Å². The zero-order chi connectivity index (χ0) is 12.8. The molecule has 1 aliphatic heterocycles. The normalized spacial score (nSPS) is 23.8. The third-order valence-electron chi connectivity index (χ3n) is 3.06. The molecule has 0 amide bonds. The van der Waals surface area contributed by atoms with E-state index >= 15 is 0 Å². The van der Waals surface area contributed by atoms with E-state index in [2.05, 4.69) is 11.7 Å². The van der Waals surface area contributed by atoms with Crippen molar-refractivity contribution in [2.24, 2.45) is 11.8 Å². The molecule has 0 aromatic heterocycles. The summed E-state index contributed by atoms with van der Waals surface area (Å²) in [6.45, 7) is 2.08. The minimum atomic E-state index is -1.07. The molecule has 2 unspecified atom stereocenters. The van der Waals surface area contributed by atoms with Crippen LogP contribution in [0.25, 0.3) is 0 Å². The average molecular weight is 242 g/mol. The average Bonchev–Trinajstić information content (AvgIpc) is 2.50. The second-order valence-electron chi connectivity index (χ2n) is 4.40. The Bertz CT molecular complexity index is 310. The topological polar surface area (TPSA) is 80.7 Å². The lowest BCUT2D eigenvalue weighted by molar-refractivity contribution is -0.155. The first-order valence-electron chi connectivity index (χ1n) is 6.03. The number of rotatable bonds is 7. The number of cyclic esters (lactones) is 2. The molecular weight excluding hydrogens is 224 g/mol. The molecule has 5 heteroatoms. The predicted octanol–water partition coefficient (Wildman–Crippen LogP) is 1.75. The molecular formula is C12H18O5. The molecule has 1 N–H and O–H groups in total. The van der Waals surface area contributed by atoms with Crippen LogP contribution in [0.4, 0.5) is 0 Å². The number of hydrogen-bond donors (Lipinski definition) is 1. The standard InChI is InChI=1S/C12H18O5/c1-2-3-4-5-6-8-9(7-10(13)14)12(16)17-11(8)15/h8-9H,2-7H2,1H3,(H,13,14). The van der Waals surface area contributed by atoms with E-state index in [0.717, 1.165) is 25.7 Å². The van der Waals surface area contributed by atoms with Crippen LogP contribution in [-0.2, 0) is 19.1 Å². The maximum atomic E-state index is 11.4. The smallest absolute Gasteiger partial charge is 0.318 e. The van der Waals surface area contributed by atoms with Crippen LogP contribution in [0.1, 0.15) is 45.4 Å². The fourth-order valence-corrected chi connectivity index (χ4v) is 2.10. The predicted molar refractivity (Wildman–Crippen MR) is 59.1 cm³/mol. The molecule has 2 atom stereocenters. The summed E-state index contributed by atoms with van der Waals surface area (Å²) >= 11 is 0. The second-order valence-corrected chi connectivity index (χ2v) is 4.40. The van der Waals surface area contributed by atoms with Gasteiger partial charge in [-0.1, -0.05) is 32.6 Å². The van der Waals surface area contributed by atoms with Gasteiger partial charge in [-0.05, 0) is 6.42 Å². The number of hydrogen-bond acceptors (Lipinski definition) is 4. The maximum Gasteiger partial charge on any atom is 0.318 e. The minimum Gasteiger partial charge on any atom is -0.481 e. The largest absolute Gasteiger partial charge is 0.481 e. The Balaban J connectivity index is 2.50. The highest BCUT2D eigenvalue weighted by Gasteiger charge is 2.44. The Hall–Kier alpha value is -1.39. The second kappa shape index (κ2) is 6.37. The van der Waals surface area contributed by atoms with Gasteiger partial charge in [-0.2, -0.15) is 0 Å². The van der Waals surface area contributed by atoms with Gasteiger partial charge in [0, 0.05) is 0 Å². The number of carbonyl (C=O) groups excluding carboxylic acids is 2. The lowest BCUT2D eigenvalue weighted by Gasteiger charge is -2.10. The van der Waals surface area contributed by atoms with Crippen molar-refractivity contribution in [1.29, 1.82) is 0 Å². The van der Waals surface area contributed by atoms with Gasteiger partial charge in [0.05, 0.1) is 18.3 Å². The van der Waals surface area contributed by atoms with E-state index in [0.29, 0.717) is 6.42 Å². The third-order valence-corrected chi connectivity index (χ3v) is 3.06. The first-order chi connectivity index (χ1) is 8.06. The van der Waals surface area contributed by atoms with Crippen LogP contribution >= 0.6 is 0 Å². The van der Waals surface area contributed by atoms with Crippen molar-refractivity contribution >= 4 is 17.9 Å². The Labute approximate surface area is 100 Å². The van der Waals surface area contributed by atoms with Crippen LogP contribution in [0.3, 0.4) is 0 Å². The van der Waals surface area contributed by atoms with Gasteiger partial charge in [-0.15, -0.1) is 0 Å². The van der Waals surface area contributed by atoms with Crippen molar-refractivity contribution < 1.29 is 24.2 Å². The molecule has 0 aliphatic carbocycles. The SMILES string of the molecule is CCCCCCC1C(=O)OC(=O)C1CC(=O)O. The van der Waals surface area contributed by atoms with Gasteiger partial charge in [-0.25, -0.2) is 0 Å². The van der Waals surface area contributed by atoms with E-state index in [1.807, 2.05) is 0 Å².